The first-order chi connectivity index (χ1) is 14.0. The fourth-order valence-electron chi connectivity index (χ4n) is 3.28. The van der Waals surface area contributed by atoms with E-state index in [-0.39, 0.29) is 17.5 Å². The summed E-state index contributed by atoms with van der Waals surface area (Å²) in [5.74, 6) is 0.808. The zero-order chi connectivity index (χ0) is 20.8. The van der Waals surface area contributed by atoms with E-state index in [1.165, 1.54) is 17.8 Å². The zero-order valence-electron chi connectivity index (χ0n) is 16.6. The first-order valence-electron chi connectivity index (χ1n) is 9.71. The number of thioether (sulfide) groups is 1. The molecule has 0 spiro atoms. The van der Waals surface area contributed by atoms with E-state index in [0.717, 1.165) is 18.9 Å². The van der Waals surface area contributed by atoms with E-state index in [1.807, 2.05) is 11.0 Å². The van der Waals surface area contributed by atoms with Crippen LogP contribution in [0.2, 0.25) is 5.15 Å². The minimum absolute atomic E-state index is 0.0242. The van der Waals surface area contributed by atoms with Gasteiger partial charge in [0.25, 0.3) is 0 Å². The van der Waals surface area contributed by atoms with Crippen LogP contribution in [-0.2, 0) is 4.79 Å². The number of piperazine rings is 1. The van der Waals surface area contributed by atoms with Gasteiger partial charge in [0.2, 0.25) is 5.91 Å². The number of para-hydroxylation sites is 1. The van der Waals surface area contributed by atoms with Gasteiger partial charge in [0.1, 0.15) is 16.8 Å². The molecule has 156 valence electrons. The molecular formula is C20H25ClFN5OS. The van der Waals surface area contributed by atoms with E-state index in [9.17, 15) is 9.18 Å². The second-order valence-electron chi connectivity index (χ2n) is 6.61. The van der Waals surface area contributed by atoms with Crippen molar-refractivity contribution in [2.24, 2.45) is 0 Å². The van der Waals surface area contributed by atoms with Gasteiger partial charge < -0.3 is 14.7 Å². The normalized spacial score (nSPS) is 14.2. The number of carbonyl (C=O) groups excluding carboxylic acids is 1. The maximum absolute atomic E-state index is 14.0. The molecule has 0 saturated carbocycles. The highest BCUT2D eigenvalue weighted by atomic mass is 35.5. The molecule has 0 atom stereocenters. The minimum Gasteiger partial charge on any atom is -0.366 e. The molecule has 0 bridgehead atoms. The fraction of sp³-hybridized carbons (Fsp3) is 0.450. The van der Waals surface area contributed by atoms with Gasteiger partial charge in [-0.15, -0.1) is 0 Å². The molecule has 1 fully saturated rings. The van der Waals surface area contributed by atoms with Gasteiger partial charge in [0.15, 0.2) is 5.16 Å². The number of anilines is 2. The third-order valence-corrected chi connectivity index (χ3v) is 5.92. The lowest BCUT2D eigenvalue weighted by molar-refractivity contribution is -0.128. The van der Waals surface area contributed by atoms with E-state index >= 15 is 0 Å². The van der Waals surface area contributed by atoms with Gasteiger partial charge >= 0.3 is 0 Å². The number of hydrogen-bond acceptors (Lipinski definition) is 6. The van der Waals surface area contributed by atoms with Crippen molar-refractivity contribution in [1.82, 2.24) is 14.9 Å². The van der Waals surface area contributed by atoms with Crippen LogP contribution < -0.4 is 9.80 Å². The third-order valence-electron chi connectivity index (χ3n) is 4.90. The number of benzene rings is 1. The average molecular weight is 438 g/mol. The Morgan fingerprint density at radius 2 is 1.86 bits per heavy atom. The summed E-state index contributed by atoms with van der Waals surface area (Å²) in [6.45, 7) is 8.09. The average Bonchev–Trinajstić information content (AvgIpc) is 2.73. The van der Waals surface area contributed by atoms with Gasteiger partial charge in [-0.05, 0) is 26.0 Å². The van der Waals surface area contributed by atoms with E-state index < -0.39 is 0 Å². The molecule has 29 heavy (non-hydrogen) atoms. The first kappa shape index (κ1) is 21.6. The van der Waals surface area contributed by atoms with Gasteiger partial charge in [-0.3, -0.25) is 4.79 Å². The molecule has 6 nitrogen and oxygen atoms in total. The molecule has 3 rings (SSSR count). The Labute approximate surface area is 180 Å². The summed E-state index contributed by atoms with van der Waals surface area (Å²) in [7, 11) is 0. The van der Waals surface area contributed by atoms with E-state index in [4.69, 9.17) is 11.6 Å². The Morgan fingerprint density at radius 3 is 2.52 bits per heavy atom. The van der Waals surface area contributed by atoms with Crippen LogP contribution in [0.5, 0.6) is 0 Å². The lowest BCUT2D eigenvalue weighted by Gasteiger charge is -2.36. The largest absolute Gasteiger partial charge is 0.366 e. The van der Waals surface area contributed by atoms with Crippen LogP contribution in [0.25, 0.3) is 0 Å². The van der Waals surface area contributed by atoms with Crippen LogP contribution in [0.1, 0.15) is 13.8 Å². The maximum Gasteiger partial charge on any atom is 0.233 e. The summed E-state index contributed by atoms with van der Waals surface area (Å²) >= 11 is 7.43. The lowest BCUT2D eigenvalue weighted by Crippen LogP contribution is -2.49. The molecule has 2 aromatic rings. The van der Waals surface area contributed by atoms with Crippen LogP contribution in [0.3, 0.4) is 0 Å². The van der Waals surface area contributed by atoms with E-state index in [0.29, 0.717) is 42.2 Å². The van der Waals surface area contributed by atoms with Crippen molar-refractivity contribution in [2.45, 2.75) is 19.0 Å². The molecule has 9 heteroatoms. The van der Waals surface area contributed by atoms with Crippen molar-refractivity contribution < 1.29 is 9.18 Å². The highest BCUT2D eigenvalue weighted by Gasteiger charge is 2.23. The number of carbonyl (C=O) groups is 1. The second kappa shape index (κ2) is 10.1. The Kier molecular flexibility index (Phi) is 7.55. The SMILES string of the molecule is CCN(CC)c1cc(Cl)nc(SCC(=O)N2CCN(c3ccccc3F)CC2)n1. The Morgan fingerprint density at radius 1 is 1.17 bits per heavy atom. The van der Waals surface area contributed by atoms with Crippen molar-refractivity contribution in [3.63, 3.8) is 0 Å². The molecular weight excluding hydrogens is 413 g/mol. The second-order valence-corrected chi connectivity index (χ2v) is 7.94. The quantitative estimate of drug-likeness (QED) is 0.375. The summed E-state index contributed by atoms with van der Waals surface area (Å²) in [5.41, 5.74) is 0.588. The first-order valence-corrected chi connectivity index (χ1v) is 11.1. The van der Waals surface area contributed by atoms with Gasteiger partial charge in [0, 0.05) is 45.3 Å². The highest BCUT2D eigenvalue weighted by Crippen LogP contribution is 2.23. The highest BCUT2D eigenvalue weighted by molar-refractivity contribution is 7.99. The molecule has 0 radical (unpaired) electrons. The summed E-state index contributed by atoms with van der Waals surface area (Å²) in [4.78, 5) is 27.2. The van der Waals surface area contributed by atoms with Crippen molar-refractivity contribution in [3.8, 4) is 0 Å². The fourth-order valence-corrected chi connectivity index (χ4v) is 4.27. The van der Waals surface area contributed by atoms with Gasteiger partial charge in [-0.1, -0.05) is 35.5 Å². The Hall–Kier alpha value is -2.06. The maximum atomic E-state index is 14.0. The zero-order valence-corrected chi connectivity index (χ0v) is 18.2. The summed E-state index contributed by atoms with van der Waals surface area (Å²) in [6, 6.07) is 8.47. The van der Waals surface area contributed by atoms with Crippen LogP contribution in [0.15, 0.2) is 35.5 Å². The third kappa shape index (κ3) is 5.51. The predicted octanol–water partition coefficient (Wildman–Crippen LogP) is 3.56. The van der Waals surface area contributed by atoms with Gasteiger partial charge in [0.05, 0.1) is 11.4 Å². The molecule has 2 heterocycles. The molecule has 1 aliphatic heterocycles. The molecule has 0 unspecified atom stereocenters. The van der Waals surface area contributed by atoms with Crippen LogP contribution >= 0.6 is 23.4 Å². The van der Waals surface area contributed by atoms with Crippen LogP contribution in [0, 0.1) is 5.82 Å². The summed E-state index contributed by atoms with van der Waals surface area (Å²) in [6.07, 6.45) is 0. The molecule has 1 aromatic carbocycles. The number of nitrogens with zero attached hydrogens (tertiary/aromatic N) is 5. The number of aromatic nitrogens is 2. The smallest absolute Gasteiger partial charge is 0.233 e. The van der Waals surface area contributed by atoms with Gasteiger partial charge in [-0.25, -0.2) is 14.4 Å². The van der Waals surface area contributed by atoms with Crippen LogP contribution in [0.4, 0.5) is 15.9 Å². The van der Waals surface area contributed by atoms with Gasteiger partial charge in [-0.2, -0.15) is 0 Å². The Bertz CT molecular complexity index is 843. The minimum atomic E-state index is -0.232. The molecule has 1 saturated heterocycles. The van der Waals surface area contributed by atoms with Crippen molar-refractivity contribution in [1.29, 1.82) is 0 Å². The molecule has 0 aliphatic carbocycles. The molecule has 1 aromatic heterocycles. The molecule has 1 amide bonds. The molecule has 0 N–H and O–H groups in total. The van der Waals surface area contributed by atoms with Crippen LogP contribution in [-0.4, -0.2) is 65.8 Å². The van der Waals surface area contributed by atoms with Crippen molar-refractivity contribution >= 4 is 40.8 Å². The monoisotopic (exact) mass is 437 g/mol. The summed E-state index contributed by atoms with van der Waals surface area (Å²) in [5, 5.41) is 0.869. The summed E-state index contributed by atoms with van der Waals surface area (Å²) < 4.78 is 14.0. The van der Waals surface area contributed by atoms with Crippen molar-refractivity contribution in [2.75, 3.05) is 54.8 Å². The number of hydrogen-bond donors (Lipinski definition) is 0. The topological polar surface area (TPSA) is 52.6 Å². The number of amides is 1. The standard InChI is InChI=1S/C20H25ClFN5OS/c1-3-25(4-2)18-13-17(21)23-20(24-18)29-14-19(28)27-11-9-26(10-12-27)16-8-6-5-7-15(16)22/h5-8,13H,3-4,9-12,14H2,1-2H3. The van der Waals surface area contributed by atoms with E-state index in [1.54, 1.807) is 23.1 Å². The Balaban J connectivity index is 1.55. The van der Waals surface area contributed by atoms with Crippen molar-refractivity contribution in [3.05, 3.63) is 41.3 Å². The molecule has 1 aliphatic rings. The predicted molar refractivity (Wildman–Crippen MR) is 117 cm³/mol. The lowest BCUT2D eigenvalue weighted by atomic mass is 10.2. The number of rotatable bonds is 7. The number of halogens is 2. The van der Waals surface area contributed by atoms with E-state index in [2.05, 4.69) is 28.7 Å².